The highest BCUT2D eigenvalue weighted by Crippen LogP contribution is 1.87. The summed E-state index contributed by atoms with van der Waals surface area (Å²) in [5.41, 5.74) is 0. The minimum atomic E-state index is -0.528. The molecule has 7 heavy (non-hydrogen) atoms. The number of aliphatic hydroxyl groups is 2. The van der Waals surface area contributed by atoms with Gasteiger partial charge in [0.15, 0.2) is 0 Å². The second-order valence-corrected chi connectivity index (χ2v) is 1.11. The van der Waals surface area contributed by atoms with Gasteiger partial charge in [-0.15, -0.1) is 0 Å². The Labute approximate surface area is 42.5 Å². The van der Waals surface area contributed by atoms with Gasteiger partial charge in [-0.05, 0) is 0 Å². The minimum Gasteiger partial charge on any atom is -0.394 e. The molecule has 0 aromatic heterocycles. The van der Waals surface area contributed by atoms with Crippen molar-refractivity contribution in [3.05, 3.63) is 6.61 Å². The molecule has 0 aromatic carbocycles. The molecule has 43 valence electrons. The Hall–Kier alpha value is -0.120. The molecule has 0 rings (SSSR count). The topological polar surface area (TPSA) is 49.7 Å². The van der Waals surface area contributed by atoms with Crippen molar-refractivity contribution in [2.24, 2.45) is 0 Å². The van der Waals surface area contributed by atoms with Crippen molar-refractivity contribution >= 4 is 0 Å². The Bertz CT molecular complexity index is 28.4. The molecule has 0 fully saturated rings. The zero-order chi connectivity index (χ0) is 5.70. The fourth-order valence-corrected chi connectivity index (χ4v) is 0.183. The van der Waals surface area contributed by atoms with Crippen molar-refractivity contribution in [1.82, 2.24) is 0 Å². The van der Waals surface area contributed by atoms with E-state index in [0.29, 0.717) is 0 Å². The molecule has 0 aliphatic carbocycles. The van der Waals surface area contributed by atoms with Gasteiger partial charge in [-0.2, -0.15) is 0 Å². The number of rotatable bonds is 3. The molecule has 1 atom stereocenters. The van der Waals surface area contributed by atoms with Gasteiger partial charge in [-0.3, -0.25) is 0 Å². The van der Waals surface area contributed by atoms with Crippen LogP contribution in [0.5, 0.6) is 0 Å². The first kappa shape index (κ1) is 6.88. The van der Waals surface area contributed by atoms with E-state index >= 15 is 0 Å². The van der Waals surface area contributed by atoms with Gasteiger partial charge in [0, 0.05) is 7.11 Å². The third-order valence-electron chi connectivity index (χ3n) is 0.649. The van der Waals surface area contributed by atoms with Gasteiger partial charge in [0.25, 0.3) is 0 Å². The molecule has 0 heterocycles. The van der Waals surface area contributed by atoms with Crippen molar-refractivity contribution in [3.63, 3.8) is 0 Å². The maximum atomic E-state index is 8.21. The predicted molar refractivity (Wildman–Crippen MR) is 24.1 cm³/mol. The zero-order valence-corrected chi connectivity index (χ0v) is 4.16. The minimum absolute atomic E-state index is 0.174. The molecule has 0 aromatic rings. The van der Waals surface area contributed by atoms with Crippen molar-refractivity contribution in [3.8, 4) is 0 Å². The summed E-state index contributed by atoms with van der Waals surface area (Å²) >= 11 is 0. The summed E-state index contributed by atoms with van der Waals surface area (Å²) in [6.07, 6.45) is -0.528. The van der Waals surface area contributed by atoms with Crippen LogP contribution in [0.15, 0.2) is 0 Å². The standard InChI is InChI=1S/C4H9O3/c1-7-4(2-5)3-6/h2,4-6H,3H2,1H3. The highest BCUT2D eigenvalue weighted by Gasteiger charge is 2.00. The molecule has 3 nitrogen and oxygen atoms in total. The summed E-state index contributed by atoms with van der Waals surface area (Å²) in [5, 5.41) is 16.3. The molecule has 1 radical (unpaired) electrons. The van der Waals surface area contributed by atoms with Gasteiger partial charge in [-0.1, -0.05) is 0 Å². The Morgan fingerprint density at radius 1 is 1.86 bits per heavy atom. The lowest BCUT2D eigenvalue weighted by Gasteiger charge is -2.04. The van der Waals surface area contributed by atoms with Crippen molar-refractivity contribution in [2.45, 2.75) is 6.10 Å². The molecule has 0 spiro atoms. The summed E-state index contributed by atoms with van der Waals surface area (Å²) in [7, 11) is 1.41. The molecule has 0 aliphatic rings. The Morgan fingerprint density at radius 3 is 2.43 bits per heavy atom. The van der Waals surface area contributed by atoms with Gasteiger partial charge < -0.3 is 14.9 Å². The van der Waals surface area contributed by atoms with E-state index in [1.54, 1.807) is 0 Å². The molecule has 0 aliphatic heterocycles. The average Bonchev–Trinajstić information content (AvgIpc) is 1.72. The molecule has 0 bridgehead atoms. The van der Waals surface area contributed by atoms with Crippen LogP contribution in [0, 0.1) is 6.61 Å². The zero-order valence-electron chi connectivity index (χ0n) is 4.16. The highest BCUT2D eigenvalue weighted by molar-refractivity contribution is 4.61. The largest absolute Gasteiger partial charge is 0.394 e. The maximum absolute atomic E-state index is 8.21. The lowest BCUT2D eigenvalue weighted by atomic mass is 10.4. The van der Waals surface area contributed by atoms with E-state index in [1.807, 2.05) is 0 Å². The van der Waals surface area contributed by atoms with E-state index in [2.05, 4.69) is 4.74 Å². The van der Waals surface area contributed by atoms with E-state index in [0.717, 1.165) is 6.61 Å². The van der Waals surface area contributed by atoms with Crippen molar-refractivity contribution < 1.29 is 14.9 Å². The number of ether oxygens (including phenoxy) is 1. The Balaban J connectivity index is 2.99. The molecule has 0 saturated carbocycles. The SMILES string of the molecule is COC([CH]O)CO. The average molecular weight is 105 g/mol. The van der Waals surface area contributed by atoms with Crippen LogP contribution in [-0.4, -0.2) is 30.0 Å². The van der Waals surface area contributed by atoms with E-state index in [1.165, 1.54) is 7.11 Å². The molecule has 0 amide bonds. The maximum Gasteiger partial charge on any atom is 0.111 e. The fourth-order valence-electron chi connectivity index (χ4n) is 0.183. The van der Waals surface area contributed by atoms with Gasteiger partial charge in [0.05, 0.1) is 6.61 Å². The van der Waals surface area contributed by atoms with Crippen LogP contribution in [0.1, 0.15) is 0 Å². The third kappa shape index (κ3) is 2.56. The smallest absolute Gasteiger partial charge is 0.111 e. The van der Waals surface area contributed by atoms with E-state index in [-0.39, 0.29) is 6.61 Å². The van der Waals surface area contributed by atoms with Crippen LogP contribution in [-0.2, 0) is 4.74 Å². The van der Waals surface area contributed by atoms with Crippen molar-refractivity contribution in [2.75, 3.05) is 13.7 Å². The summed E-state index contributed by atoms with van der Waals surface area (Å²) in [5.74, 6) is 0. The summed E-state index contributed by atoms with van der Waals surface area (Å²) < 4.78 is 4.49. The van der Waals surface area contributed by atoms with E-state index in [9.17, 15) is 0 Å². The first-order chi connectivity index (χ1) is 3.35. The van der Waals surface area contributed by atoms with Crippen LogP contribution in [0.3, 0.4) is 0 Å². The first-order valence-corrected chi connectivity index (χ1v) is 1.96. The molecule has 1 unspecified atom stereocenters. The first-order valence-electron chi connectivity index (χ1n) is 1.96. The monoisotopic (exact) mass is 105 g/mol. The number of methoxy groups -OCH3 is 1. The Morgan fingerprint density at radius 2 is 2.43 bits per heavy atom. The molecule has 2 N–H and O–H groups in total. The van der Waals surface area contributed by atoms with Crippen LogP contribution in [0.2, 0.25) is 0 Å². The highest BCUT2D eigenvalue weighted by atomic mass is 16.5. The lowest BCUT2D eigenvalue weighted by Crippen LogP contribution is -2.15. The second-order valence-electron chi connectivity index (χ2n) is 1.11. The summed E-state index contributed by atoms with van der Waals surface area (Å²) in [4.78, 5) is 0. The normalized spacial score (nSPS) is 10.3. The van der Waals surface area contributed by atoms with Gasteiger partial charge >= 0.3 is 0 Å². The third-order valence-corrected chi connectivity index (χ3v) is 0.649. The van der Waals surface area contributed by atoms with Crippen molar-refractivity contribution in [1.29, 1.82) is 0 Å². The van der Waals surface area contributed by atoms with Crippen LogP contribution < -0.4 is 0 Å². The van der Waals surface area contributed by atoms with Crippen LogP contribution in [0.25, 0.3) is 0 Å². The summed E-state index contributed by atoms with van der Waals surface area (Å²) in [6, 6.07) is 0. The molecular formula is C4H9O3. The lowest BCUT2D eigenvalue weighted by molar-refractivity contribution is 0.0403. The van der Waals surface area contributed by atoms with Crippen LogP contribution in [0.4, 0.5) is 0 Å². The predicted octanol–water partition coefficient (Wildman–Crippen LogP) is -0.472. The quantitative estimate of drug-likeness (QED) is 0.510. The molecule has 0 saturated heterocycles. The van der Waals surface area contributed by atoms with Gasteiger partial charge in [-0.25, -0.2) is 0 Å². The second kappa shape index (κ2) is 4.05. The fraction of sp³-hybridized carbons (Fsp3) is 0.750. The van der Waals surface area contributed by atoms with E-state index < -0.39 is 6.10 Å². The van der Waals surface area contributed by atoms with Gasteiger partial charge in [0.1, 0.15) is 12.7 Å². The number of hydrogen-bond acceptors (Lipinski definition) is 3. The molecular weight excluding hydrogens is 96.0 g/mol. The van der Waals surface area contributed by atoms with E-state index in [4.69, 9.17) is 10.2 Å². The van der Waals surface area contributed by atoms with Crippen LogP contribution >= 0.6 is 0 Å². The number of aliphatic hydroxyl groups excluding tert-OH is 2. The molecule has 3 heteroatoms. The Kier molecular flexibility index (Phi) is 3.98. The van der Waals surface area contributed by atoms with Gasteiger partial charge in [0.2, 0.25) is 0 Å². The summed E-state index contributed by atoms with van der Waals surface area (Å²) in [6.45, 7) is 0.632. The number of hydrogen-bond donors (Lipinski definition) is 2.